The lowest BCUT2D eigenvalue weighted by Crippen LogP contribution is -2.42. The summed E-state index contributed by atoms with van der Waals surface area (Å²) in [6.07, 6.45) is 3.89. The van der Waals surface area contributed by atoms with Gasteiger partial charge in [-0.3, -0.25) is 4.79 Å². The number of rotatable bonds is 8. The Labute approximate surface area is 136 Å². The highest BCUT2D eigenvalue weighted by atomic mass is 32.2. The minimum Gasteiger partial charge on any atom is -0.387 e. The van der Waals surface area contributed by atoms with Crippen molar-refractivity contribution in [3.05, 3.63) is 29.8 Å². The highest BCUT2D eigenvalue weighted by molar-refractivity contribution is 7.98. The highest BCUT2D eigenvalue weighted by Gasteiger charge is 2.20. The first-order valence-electron chi connectivity index (χ1n) is 6.91. The molecule has 0 fully saturated rings. The van der Waals surface area contributed by atoms with E-state index in [0.29, 0.717) is 18.6 Å². The fraction of sp³-hybridized carbons (Fsp3) is 0.533. The molecule has 0 aliphatic rings. The third-order valence-electron chi connectivity index (χ3n) is 3.11. The van der Waals surface area contributed by atoms with Crippen LogP contribution in [0.3, 0.4) is 0 Å². The van der Waals surface area contributed by atoms with Gasteiger partial charge >= 0.3 is 0 Å². The van der Waals surface area contributed by atoms with E-state index in [0.717, 1.165) is 11.8 Å². The zero-order valence-corrected chi connectivity index (χ0v) is 14.8. The lowest BCUT2D eigenvalue weighted by molar-refractivity contribution is -0.122. The lowest BCUT2D eigenvalue weighted by atomic mass is 10.1. The molecule has 1 rings (SSSR count). The van der Waals surface area contributed by atoms with Crippen molar-refractivity contribution in [2.75, 3.05) is 24.8 Å². The third kappa shape index (κ3) is 6.81. The van der Waals surface area contributed by atoms with E-state index in [4.69, 9.17) is 0 Å². The lowest BCUT2D eigenvalue weighted by Gasteiger charge is -2.22. The SMILES string of the molecule is CSC[C@@](C)(O)CNC(=O)CCc1ccc(S(C)(=O)=O)cc1. The second kappa shape index (κ2) is 7.99. The number of aliphatic hydroxyl groups is 1. The molecular weight excluding hydrogens is 322 g/mol. The molecule has 124 valence electrons. The molecule has 0 radical (unpaired) electrons. The van der Waals surface area contributed by atoms with Gasteiger partial charge in [-0.1, -0.05) is 12.1 Å². The summed E-state index contributed by atoms with van der Waals surface area (Å²) in [5, 5.41) is 12.7. The normalized spacial score (nSPS) is 14.4. The van der Waals surface area contributed by atoms with Crippen LogP contribution in [0.5, 0.6) is 0 Å². The van der Waals surface area contributed by atoms with Gasteiger partial charge in [-0.15, -0.1) is 0 Å². The molecule has 0 bridgehead atoms. The molecule has 0 saturated heterocycles. The van der Waals surface area contributed by atoms with Crippen molar-refractivity contribution in [2.45, 2.75) is 30.3 Å². The molecule has 0 aliphatic heterocycles. The van der Waals surface area contributed by atoms with Crippen LogP contribution in [0.1, 0.15) is 18.9 Å². The van der Waals surface area contributed by atoms with E-state index in [9.17, 15) is 18.3 Å². The van der Waals surface area contributed by atoms with Crippen LogP contribution >= 0.6 is 11.8 Å². The minimum atomic E-state index is -3.19. The number of aryl methyl sites for hydroxylation is 1. The maximum absolute atomic E-state index is 11.8. The molecule has 1 atom stereocenters. The van der Waals surface area contributed by atoms with Crippen LogP contribution in [0.15, 0.2) is 29.2 Å². The van der Waals surface area contributed by atoms with E-state index in [-0.39, 0.29) is 17.3 Å². The number of thioether (sulfide) groups is 1. The molecule has 1 aromatic rings. The summed E-state index contributed by atoms with van der Waals surface area (Å²) in [7, 11) is -3.19. The summed E-state index contributed by atoms with van der Waals surface area (Å²) in [4.78, 5) is 12.0. The quantitative estimate of drug-likeness (QED) is 0.741. The van der Waals surface area contributed by atoms with E-state index in [2.05, 4.69) is 5.32 Å². The average Bonchev–Trinajstić information content (AvgIpc) is 2.42. The number of carbonyl (C=O) groups is 1. The summed E-state index contributed by atoms with van der Waals surface area (Å²) in [5.74, 6) is 0.425. The fourth-order valence-electron chi connectivity index (χ4n) is 1.90. The Balaban J connectivity index is 2.45. The number of amides is 1. The van der Waals surface area contributed by atoms with Crippen LogP contribution in [-0.4, -0.2) is 49.8 Å². The molecule has 5 nitrogen and oxygen atoms in total. The number of benzene rings is 1. The smallest absolute Gasteiger partial charge is 0.220 e. The monoisotopic (exact) mass is 345 g/mol. The molecule has 2 N–H and O–H groups in total. The maximum Gasteiger partial charge on any atom is 0.220 e. The number of hydrogen-bond donors (Lipinski definition) is 2. The Bertz CT molecular complexity index is 594. The number of hydrogen-bond acceptors (Lipinski definition) is 5. The molecule has 0 heterocycles. The topological polar surface area (TPSA) is 83.5 Å². The van der Waals surface area contributed by atoms with Crippen molar-refractivity contribution in [1.82, 2.24) is 5.32 Å². The molecule has 1 aromatic carbocycles. The van der Waals surface area contributed by atoms with Gasteiger partial charge in [0.1, 0.15) is 0 Å². The number of nitrogens with one attached hydrogen (secondary N) is 1. The van der Waals surface area contributed by atoms with Crippen LogP contribution in [0, 0.1) is 0 Å². The van der Waals surface area contributed by atoms with E-state index >= 15 is 0 Å². The molecule has 0 saturated carbocycles. The summed E-state index contributed by atoms with van der Waals surface area (Å²) in [6.45, 7) is 1.91. The predicted molar refractivity (Wildman–Crippen MR) is 89.9 cm³/mol. The summed E-state index contributed by atoms with van der Waals surface area (Å²) in [5.41, 5.74) is -0.00919. The predicted octanol–water partition coefficient (Wildman–Crippen LogP) is 1.25. The van der Waals surface area contributed by atoms with Gasteiger partial charge < -0.3 is 10.4 Å². The summed E-state index contributed by atoms with van der Waals surface area (Å²) < 4.78 is 22.7. The number of sulfone groups is 1. The molecule has 0 aliphatic carbocycles. The Hall–Kier alpha value is -1.05. The van der Waals surface area contributed by atoms with Gasteiger partial charge in [0.15, 0.2) is 9.84 Å². The zero-order chi connectivity index (χ0) is 16.8. The van der Waals surface area contributed by atoms with Gasteiger partial charge in [0.2, 0.25) is 5.91 Å². The Morgan fingerprint density at radius 1 is 1.32 bits per heavy atom. The van der Waals surface area contributed by atoms with Crippen molar-refractivity contribution in [3.63, 3.8) is 0 Å². The van der Waals surface area contributed by atoms with Gasteiger partial charge in [-0.25, -0.2) is 8.42 Å². The van der Waals surface area contributed by atoms with Gasteiger partial charge in [0.05, 0.1) is 10.5 Å². The largest absolute Gasteiger partial charge is 0.387 e. The van der Waals surface area contributed by atoms with Crippen LogP contribution < -0.4 is 5.32 Å². The standard InChI is InChI=1S/C15H23NO4S2/c1-15(18,11-21-2)10-16-14(17)9-6-12-4-7-13(8-5-12)22(3,19)20/h4-5,7-8,18H,6,9-11H2,1-3H3,(H,16,17)/t15-/m0/s1. The van der Waals surface area contributed by atoms with E-state index in [1.54, 1.807) is 31.2 Å². The maximum atomic E-state index is 11.8. The van der Waals surface area contributed by atoms with E-state index in [1.807, 2.05) is 6.26 Å². The van der Waals surface area contributed by atoms with Crippen LogP contribution in [-0.2, 0) is 21.1 Å². The van der Waals surface area contributed by atoms with E-state index in [1.165, 1.54) is 11.8 Å². The molecule has 7 heteroatoms. The van der Waals surface area contributed by atoms with Crippen molar-refractivity contribution >= 4 is 27.5 Å². The second-order valence-electron chi connectivity index (χ2n) is 5.62. The molecule has 1 amide bonds. The first-order chi connectivity index (χ1) is 10.1. The molecule has 0 spiro atoms. The second-order valence-corrected chi connectivity index (χ2v) is 8.50. The Morgan fingerprint density at radius 2 is 1.91 bits per heavy atom. The van der Waals surface area contributed by atoms with Crippen molar-refractivity contribution in [2.24, 2.45) is 0 Å². The van der Waals surface area contributed by atoms with Gasteiger partial charge in [-0.05, 0) is 37.3 Å². The summed E-state index contributed by atoms with van der Waals surface area (Å²) >= 11 is 1.52. The fourth-order valence-corrected chi connectivity index (χ4v) is 3.25. The van der Waals surface area contributed by atoms with Gasteiger partial charge in [0.25, 0.3) is 0 Å². The molecule has 0 unspecified atom stereocenters. The van der Waals surface area contributed by atoms with Crippen LogP contribution in [0.2, 0.25) is 0 Å². The first-order valence-corrected chi connectivity index (χ1v) is 10.2. The van der Waals surface area contributed by atoms with Crippen LogP contribution in [0.4, 0.5) is 0 Å². The van der Waals surface area contributed by atoms with Crippen LogP contribution in [0.25, 0.3) is 0 Å². The van der Waals surface area contributed by atoms with Crippen molar-refractivity contribution in [1.29, 1.82) is 0 Å². The zero-order valence-electron chi connectivity index (χ0n) is 13.1. The Morgan fingerprint density at radius 3 is 2.41 bits per heavy atom. The summed E-state index contributed by atoms with van der Waals surface area (Å²) in [6, 6.07) is 6.53. The number of carbonyl (C=O) groups excluding carboxylic acids is 1. The van der Waals surface area contributed by atoms with Gasteiger partial charge in [-0.2, -0.15) is 11.8 Å². The van der Waals surface area contributed by atoms with Crippen molar-refractivity contribution in [3.8, 4) is 0 Å². The Kier molecular flexibility index (Phi) is 6.90. The van der Waals surface area contributed by atoms with Crippen molar-refractivity contribution < 1.29 is 18.3 Å². The van der Waals surface area contributed by atoms with Gasteiger partial charge in [0, 0.05) is 25.0 Å². The molecular formula is C15H23NO4S2. The third-order valence-corrected chi connectivity index (χ3v) is 5.15. The molecule has 0 aromatic heterocycles. The average molecular weight is 345 g/mol. The minimum absolute atomic E-state index is 0.131. The first kappa shape index (κ1) is 19.0. The van der Waals surface area contributed by atoms with E-state index < -0.39 is 15.4 Å². The molecule has 22 heavy (non-hydrogen) atoms. The highest BCUT2D eigenvalue weighted by Crippen LogP contribution is 2.12.